The van der Waals surface area contributed by atoms with E-state index in [4.69, 9.17) is 14.2 Å². The monoisotopic (exact) mass is 592 g/mol. The molecule has 0 bridgehead atoms. The average molecular weight is 593 g/mol. The third-order valence-electron chi connectivity index (χ3n) is 6.84. The Morgan fingerprint density at radius 1 is 0.952 bits per heavy atom. The Kier molecular flexibility index (Phi) is 8.10. The number of sulfonamides is 1. The molecule has 1 amide bonds. The van der Waals surface area contributed by atoms with Gasteiger partial charge in [-0.2, -0.15) is 0 Å². The van der Waals surface area contributed by atoms with Crippen LogP contribution in [0.4, 0.5) is 17.1 Å². The Balaban J connectivity index is 1.57. The zero-order valence-corrected chi connectivity index (χ0v) is 24.6. The second-order valence-corrected chi connectivity index (χ2v) is 12.0. The third kappa shape index (κ3) is 6.04. The standard InChI is InChI=1S/C30H32N4O7S/c1-33(2)13-14-34(42(4,37)38)22-9-7-21(8-10-22)31-28(19-6-12-25-26(18-19)41-16-15-40-25)27-23-11-5-20(30(36)39-3)17-24(23)32-29(27)35/h5-12,17-18,31H,13-16H2,1-4H3,(H,32,35). The van der Waals surface area contributed by atoms with Crippen molar-refractivity contribution in [3.05, 3.63) is 77.4 Å². The molecular weight excluding hydrogens is 560 g/mol. The van der Waals surface area contributed by atoms with Crippen molar-refractivity contribution < 1.29 is 32.2 Å². The lowest BCUT2D eigenvalue weighted by atomic mass is 9.98. The van der Waals surface area contributed by atoms with Crippen molar-refractivity contribution >= 4 is 50.2 Å². The fourth-order valence-electron chi connectivity index (χ4n) is 4.78. The summed E-state index contributed by atoms with van der Waals surface area (Å²) in [6.07, 6.45) is 1.18. The minimum atomic E-state index is -3.50. The van der Waals surface area contributed by atoms with E-state index in [2.05, 4.69) is 10.6 Å². The number of likely N-dealkylation sites (N-methyl/N-ethyl adjacent to an activating group) is 1. The molecule has 2 heterocycles. The van der Waals surface area contributed by atoms with E-state index >= 15 is 0 Å². The minimum absolute atomic E-state index is 0.301. The fourth-order valence-corrected chi connectivity index (χ4v) is 5.69. The van der Waals surface area contributed by atoms with E-state index in [0.717, 1.165) is 0 Å². The lowest BCUT2D eigenvalue weighted by Crippen LogP contribution is -2.35. The summed E-state index contributed by atoms with van der Waals surface area (Å²) in [5.74, 6) is 0.297. The molecule has 3 aromatic carbocycles. The zero-order chi connectivity index (χ0) is 30.0. The van der Waals surface area contributed by atoms with Gasteiger partial charge in [-0.1, -0.05) is 6.07 Å². The SMILES string of the molecule is COC(=O)c1ccc2c(c1)NC(=O)C2=C(Nc1ccc(N(CCN(C)C)S(C)(=O)=O)cc1)c1ccc2c(c1)OCCO2. The van der Waals surface area contributed by atoms with Gasteiger partial charge in [0.05, 0.1) is 41.6 Å². The maximum absolute atomic E-state index is 13.4. The van der Waals surface area contributed by atoms with Crippen molar-refractivity contribution in [1.29, 1.82) is 0 Å². The average Bonchev–Trinajstić information content (AvgIpc) is 3.29. The number of esters is 1. The second kappa shape index (κ2) is 11.7. The van der Waals surface area contributed by atoms with Crippen molar-refractivity contribution in [3.8, 4) is 11.5 Å². The lowest BCUT2D eigenvalue weighted by molar-refractivity contribution is -0.110. The van der Waals surface area contributed by atoms with Crippen LogP contribution in [0.5, 0.6) is 11.5 Å². The molecule has 0 radical (unpaired) electrons. The van der Waals surface area contributed by atoms with Crippen LogP contribution in [0, 0.1) is 0 Å². The Morgan fingerprint density at radius 3 is 2.31 bits per heavy atom. The molecule has 2 N–H and O–H groups in total. The van der Waals surface area contributed by atoms with Gasteiger partial charge in [0.25, 0.3) is 5.91 Å². The van der Waals surface area contributed by atoms with Gasteiger partial charge in [0, 0.05) is 29.9 Å². The number of carbonyl (C=O) groups is 2. The second-order valence-electron chi connectivity index (χ2n) is 10.1. The zero-order valence-electron chi connectivity index (χ0n) is 23.8. The minimum Gasteiger partial charge on any atom is -0.486 e. The predicted octanol–water partition coefficient (Wildman–Crippen LogP) is 3.50. The molecule has 220 valence electrons. The van der Waals surface area contributed by atoms with E-state index < -0.39 is 16.0 Å². The molecule has 12 heteroatoms. The smallest absolute Gasteiger partial charge is 0.337 e. The number of benzene rings is 3. The summed E-state index contributed by atoms with van der Waals surface area (Å²) in [5, 5.41) is 6.22. The molecule has 0 fully saturated rings. The van der Waals surface area contributed by atoms with Gasteiger partial charge >= 0.3 is 5.97 Å². The van der Waals surface area contributed by atoms with Crippen molar-refractivity contribution in [3.63, 3.8) is 0 Å². The van der Waals surface area contributed by atoms with Crippen molar-refractivity contribution in [2.75, 3.05) is 68.7 Å². The van der Waals surface area contributed by atoms with Gasteiger partial charge in [-0.15, -0.1) is 0 Å². The number of amides is 1. The fraction of sp³-hybridized carbons (Fsp3) is 0.267. The number of fused-ring (bicyclic) bond motifs is 2. The number of nitrogens with zero attached hydrogens (tertiary/aromatic N) is 2. The summed E-state index contributed by atoms with van der Waals surface area (Å²) in [4.78, 5) is 27.4. The number of nitrogens with one attached hydrogen (secondary N) is 2. The highest BCUT2D eigenvalue weighted by atomic mass is 32.2. The summed E-state index contributed by atoms with van der Waals surface area (Å²) in [6, 6.07) is 17.3. The van der Waals surface area contributed by atoms with E-state index in [-0.39, 0.29) is 5.91 Å². The Bertz CT molecular complexity index is 1670. The number of carbonyl (C=O) groups excluding carboxylic acids is 2. The third-order valence-corrected chi connectivity index (χ3v) is 8.04. The molecule has 0 aliphatic carbocycles. The molecule has 42 heavy (non-hydrogen) atoms. The number of methoxy groups -OCH3 is 1. The number of hydrogen-bond acceptors (Lipinski definition) is 9. The number of hydrogen-bond donors (Lipinski definition) is 2. The first-order chi connectivity index (χ1) is 20.0. The summed E-state index contributed by atoms with van der Waals surface area (Å²) >= 11 is 0. The Labute approximate surface area is 244 Å². The van der Waals surface area contributed by atoms with Crippen LogP contribution >= 0.6 is 0 Å². The Hall–Kier alpha value is -4.55. The highest BCUT2D eigenvalue weighted by Gasteiger charge is 2.30. The molecule has 5 rings (SSSR count). The van der Waals surface area contributed by atoms with E-state index in [0.29, 0.717) is 82.8 Å². The number of anilines is 3. The van der Waals surface area contributed by atoms with Crippen LogP contribution in [0.2, 0.25) is 0 Å². The lowest BCUT2D eigenvalue weighted by Gasteiger charge is -2.24. The molecule has 3 aromatic rings. The van der Waals surface area contributed by atoms with Gasteiger partial charge < -0.3 is 29.7 Å². The Morgan fingerprint density at radius 2 is 1.64 bits per heavy atom. The van der Waals surface area contributed by atoms with Gasteiger partial charge in [0.15, 0.2) is 11.5 Å². The summed E-state index contributed by atoms with van der Waals surface area (Å²) < 4.78 is 42.7. The first kappa shape index (κ1) is 29.0. The van der Waals surface area contributed by atoms with Crippen LogP contribution in [0.1, 0.15) is 21.5 Å². The van der Waals surface area contributed by atoms with Crippen LogP contribution in [-0.2, 0) is 19.6 Å². The molecule has 0 atom stereocenters. The summed E-state index contributed by atoms with van der Waals surface area (Å²) in [5.41, 5.74) is 4.08. The molecule has 2 aliphatic heterocycles. The van der Waals surface area contributed by atoms with Crippen molar-refractivity contribution in [2.45, 2.75) is 0 Å². The van der Waals surface area contributed by atoms with Crippen molar-refractivity contribution in [1.82, 2.24) is 4.90 Å². The molecular formula is C30H32N4O7S. The van der Waals surface area contributed by atoms with E-state index in [1.165, 1.54) is 17.7 Å². The maximum atomic E-state index is 13.4. The quantitative estimate of drug-likeness (QED) is 0.284. The van der Waals surface area contributed by atoms with Crippen LogP contribution in [0.3, 0.4) is 0 Å². The molecule has 0 saturated carbocycles. The van der Waals surface area contributed by atoms with Gasteiger partial charge in [-0.05, 0) is 68.7 Å². The molecule has 0 unspecified atom stereocenters. The summed E-state index contributed by atoms with van der Waals surface area (Å²) in [6.45, 7) is 1.71. The molecule has 0 aromatic heterocycles. The molecule has 0 spiro atoms. The molecule has 0 saturated heterocycles. The van der Waals surface area contributed by atoms with E-state index in [1.54, 1.807) is 54.6 Å². The van der Waals surface area contributed by atoms with Crippen LogP contribution in [0.25, 0.3) is 11.3 Å². The van der Waals surface area contributed by atoms with Gasteiger partial charge in [-0.3, -0.25) is 9.10 Å². The number of ether oxygens (including phenoxy) is 3. The topological polar surface area (TPSA) is 127 Å². The van der Waals surface area contributed by atoms with E-state index in [9.17, 15) is 18.0 Å². The maximum Gasteiger partial charge on any atom is 0.337 e. The largest absolute Gasteiger partial charge is 0.486 e. The molecule has 11 nitrogen and oxygen atoms in total. The number of rotatable bonds is 9. The molecule has 2 aliphatic rings. The first-order valence-electron chi connectivity index (χ1n) is 13.2. The predicted molar refractivity (Wildman–Crippen MR) is 161 cm³/mol. The highest BCUT2D eigenvalue weighted by molar-refractivity contribution is 7.92. The van der Waals surface area contributed by atoms with Gasteiger partial charge in [-0.25, -0.2) is 13.2 Å². The van der Waals surface area contributed by atoms with E-state index in [1.807, 2.05) is 25.1 Å². The normalized spacial score (nSPS) is 15.1. The van der Waals surface area contributed by atoms with Gasteiger partial charge in [0.1, 0.15) is 13.2 Å². The van der Waals surface area contributed by atoms with Gasteiger partial charge in [0.2, 0.25) is 10.0 Å². The van der Waals surface area contributed by atoms with Crippen LogP contribution < -0.4 is 24.4 Å². The first-order valence-corrected chi connectivity index (χ1v) is 15.1. The van der Waals surface area contributed by atoms with Crippen LogP contribution in [-0.4, -0.2) is 79.0 Å². The highest BCUT2D eigenvalue weighted by Crippen LogP contribution is 2.40. The summed E-state index contributed by atoms with van der Waals surface area (Å²) in [7, 11) is 1.56. The van der Waals surface area contributed by atoms with Crippen LogP contribution in [0.15, 0.2) is 60.7 Å². The van der Waals surface area contributed by atoms with Crippen molar-refractivity contribution in [2.24, 2.45) is 0 Å².